The number of hydrogen-bond donors (Lipinski definition) is 1. The summed E-state index contributed by atoms with van der Waals surface area (Å²) in [6, 6.07) is 1.66. The van der Waals surface area contributed by atoms with Crippen LogP contribution in [0.5, 0.6) is 5.88 Å². The molecule has 1 aromatic carbocycles. The summed E-state index contributed by atoms with van der Waals surface area (Å²) in [5.74, 6) is -2.62. The fourth-order valence-corrected chi connectivity index (χ4v) is 5.01. The van der Waals surface area contributed by atoms with E-state index in [1.54, 1.807) is 0 Å². The maximum Gasteiger partial charge on any atom is 0.256 e. The van der Waals surface area contributed by atoms with Gasteiger partial charge in [0.15, 0.2) is 11.6 Å². The first-order valence-corrected chi connectivity index (χ1v) is 11.9. The Morgan fingerprint density at radius 3 is 2.82 bits per heavy atom. The van der Waals surface area contributed by atoms with Gasteiger partial charge in [0.2, 0.25) is 11.8 Å². The Morgan fingerprint density at radius 2 is 2.11 bits per heavy atom. The van der Waals surface area contributed by atoms with Crippen LogP contribution >= 0.6 is 0 Å². The van der Waals surface area contributed by atoms with Crippen LogP contribution in [0.1, 0.15) is 10.5 Å². The number of hydrogen-bond acceptors (Lipinski definition) is 7. The Hall–Kier alpha value is -3.52. The van der Waals surface area contributed by atoms with E-state index in [0.29, 0.717) is 26.2 Å². The van der Waals surface area contributed by atoms with Gasteiger partial charge in [0.1, 0.15) is 17.2 Å². The number of piperidine rings is 1. The van der Waals surface area contributed by atoms with Crippen molar-refractivity contribution >= 4 is 22.5 Å². The number of likely N-dealkylation sites (tertiary alicyclic amines) is 1. The molecule has 202 valence electrons. The lowest BCUT2D eigenvalue weighted by Crippen LogP contribution is -2.57. The lowest BCUT2D eigenvalue weighted by atomic mass is 10.0. The van der Waals surface area contributed by atoms with E-state index < -0.39 is 49.7 Å². The number of alkyl halides is 3. The van der Waals surface area contributed by atoms with Gasteiger partial charge in [-0.15, -0.1) is 5.10 Å². The summed E-state index contributed by atoms with van der Waals surface area (Å²) in [7, 11) is -3.02. The maximum absolute atomic E-state index is 15.4. The predicted octanol–water partition coefficient (Wildman–Crippen LogP) is 3.52. The number of halogens is 5. The van der Waals surface area contributed by atoms with E-state index in [0.717, 1.165) is 27.7 Å². The molecule has 0 aliphatic carbocycles. The largest absolute Gasteiger partial charge is 0.479 e. The minimum absolute atomic E-state index is 0.0228. The first-order chi connectivity index (χ1) is 19.5. The highest BCUT2D eigenvalue weighted by atomic mass is 19.3. The Morgan fingerprint density at radius 1 is 1.26 bits per heavy atom. The van der Waals surface area contributed by atoms with Gasteiger partial charge in [0.05, 0.1) is 66.6 Å². The van der Waals surface area contributed by atoms with E-state index in [-0.39, 0.29) is 46.2 Å². The van der Waals surface area contributed by atoms with Gasteiger partial charge in [-0.25, -0.2) is 31.5 Å². The molecule has 0 amide bonds. The van der Waals surface area contributed by atoms with Crippen LogP contribution in [0.3, 0.4) is 0 Å². The zero-order valence-electron chi connectivity index (χ0n) is 22.8. The highest BCUT2D eigenvalue weighted by molar-refractivity contribution is 5.90. The second-order valence-corrected chi connectivity index (χ2v) is 9.34. The molecule has 14 heteroatoms. The monoisotopic (exact) mass is 540 g/mol. The van der Waals surface area contributed by atoms with Gasteiger partial charge >= 0.3 is 0 Å². The fraction of sp³-hybridized carbons (Fsp3) is 0.458. The summed E-state index contributed by atoms with van der Waals surface area (Å²) in [5.41, 5.74) is -0.899. The van der Waals surface area contributed by atoms with Gasteiger partial charge < -0.3 is 19.4 Å². The number of methoxy groups -OCH3 is 1. The fourth-order valence-electron chi connectivity index (χ4n) is 5.01. The smallest absolute Gasteiger partial charge is 0.256 e. The van der Waals surface area contributed by atoms with Crippen LogP contribution in [0, 0.1) is 11.6 Å². The van der Waals surface area contributed by atoms with E-state index in [2.05, 4.69) is 20.4 Å². The number of anilines is 1. The summed E-state index contributed by atoms with van der Waals surface area (Å²) < 4.78 is 107. The molecular weight excluding hydrogens is 513 g/mol. The Bertz CT molecular complexity index is 1590. The minimum atomic E-state index is -3.02. The van der Waals surface area contributed by atoms with Crippen LogP contribution in [0.2, 0.25) is 0 Å². The number of aromatic nitrogens is 5. The van der Waals surface area contributed by atoms with Crippen molar-refractivity contribution in [2.45, 2.75) is 37.6 Å². The van der Waals surface area contributed by atoms with Crippen LogP contribution in [-0.2, 0) is 11.3 Å². The van der Waals surface area contributed by atoms with Gasteiger partial charge in [-0.2, -0.15) is 4.98 Å². The number of ether oxygens (including phenoxy) is 2. The molecule has 6 rings (SSSR count). The van der Waals surface area contributed by atoms with Crippen LogP contribution in [0.25, 0.3) is 27.7 Å². The average molecular weight is 541 g/mol. The van der Waals surface area contributed by atoms with Crippen LogP contribution in [-0.4, -0.2) is 87.1 Å². The Kier molecular flexibility index (Phi) is 5.44. The molecule has 5 heterocycles. The molecule has 2 aliphatic rings. The lowest BCUT2D eigenvalue weighted by Gasteiger charge is -2.42. The summed E-state index contributed by atoms with van der Waals surface area (Å²) in [6.07, 6.45) is -1.71. The van der Waals surface area contributed by atoms with E-state index in [9.17, 15) is 13.2 Å². The summed E-state index contributed by atoms with van der Waals surface area (Å²) in [5, 5.41) is 7.06. The first-order valence-electron chi connectivity index (χ1n) is 13.4. The SMILES string of the molecule is [2H]C([2H])([2H])Oc1nc(N[C@@H]2CCN(C3COC3)C[C@H]2F)nn2cc(F)c(-c3cc(F)c4ncn(CC(F)F)c4c3)c12. The van der Waals surface area contributed by atoms with Crippen LogP contribution < -0.4 is 10.1 Å². The lowest BCUT2D eigenvalue weighted by molar-refractivity contribution is -0.0794. The molecule has 2 saturated heterocycles. The number of benzene rings is 1. The van der Waals surface area contributed by atoms with Crippen molar-refractivity contribution < 1.29 is 35.5 Å². The summed E-state index contributed by atoms with van der Waals surface area (Å²) >= 11 is 0. The third-order valence-electron chi connectivity index (χ3n) is 6.98. The van der Waals surface area contributed by atoms with E-state index >= 15 is 8.78 Å². The highest BCUT2D eigenvalue weighted by Gasteiger charge is 2.36. The van der Waals surface area contributed by atoms with Crippen molar-refractivity contribution in [3.63, 3.8) is 0 Å². The van der Waals surface area contributed by atoms with Crippen LogP contribution in [0.15, 0.2) is 24.7 Å². The third kappa shape index (κ3) is 4.30. The van der Waals surface area contributed by atoms with Crippen molar-refractivity contribution in [3.8, 4) is 17.0 Å². The Balaban J connectivity index is 1.39. The quantitative estimate of drug-likeness (QED) is 0.360. The number of fused-ring (bicyclic) bond motifs is 2. The molecular formula is C24H24F5N7O2. The molecule has 0 radical (unpaired) electrons. The van der Waals surface area contributed by atoms with Crippen LogP contribution in [0.4, 0.5) is 27.9 Å². The van der Waals surface area contributed by atoms with Gasteiger partial charge in [0, 0.05) is 13.1 Å². The standard InChI is InChI=1S/C24H24F5N7O2/c1-37-23-22-20(12-4-14(25)21-18(5-12)35(11-30-21)8-19(28)29)16(27)7-36(22)33-24(32-23)31-17-2-3-34(6-15(17)26)13-9-38-10-13/h4-5,7,11,13,15,17,19H,2-3,6,8-10H2,1H3,(H,31,33)/t15-,17-/m1/s1/i1D3. The molecule has 2 atom stereocenters. The van der Waals surface area contributed by atoms with Crippen molar-refractivity contribution in [1.82, 2.24) is 29.0 Å². The zero-order valence-corrected chi connectivity index (χ0v) is 19.8. The molecule has 0 unspecified atom stereocenters. The molecule has 0 saturated carbocycles. The molecule has 3 aromatic heterocycles. The molecule has 2 aliphatic heterocycles. The molecule has 0 bridgehead atoms. The van der Waals surface area contributed by atoms with Crippen molar-refractivity contribution in [1.29, 1.82) is 0 Å². The number of nitrogens with one attached hydrogen (secondary N) is 1. The topological polar surface area (TPSA) is 81.7 Å². The zero-order chi connectivity index (χ0) is 29.1. The van der Waals surface area contributed by atoms with E-state index in [1.165, 1.54) is 6.07 Å². The molecule has 0 spiro atoms. The number of nitrogens with zero attached hydrogens (tertiary/aromatic N) is 6. The molecule has 4 aromatic rings. The molecule has 2 fully saturated rings. The van der Waals surface area contributed by atoms with E-state index in [4.69, 9.17) is 13.6 Å². The predicted molar refractivity (Wildman–Crippen MR) is 127 cm³/mol. The normalized spacial score (nSPS) is 22.4. The second kappa shape index (κ2) is 9.66. The second-order valence-electron chi connectivity index (χ2n) is 9.34. The average Bonchev–Trinajstić information content (AvgIpc) is 3.39. The van der Waals surface area contributed by atoms with Gasteiger partial charge in [-0.05, 0) is 24.1 Å². The minimum Gasteiger partial charge on any atom is -0.479 e. The molecule has 38 heavy (non-hydrogen) atoms. The van der Waals surface area contributed by atoms with Gasteiger partial charge in [0.25, 0.3) is 6.43 Å². The molecule has 1 N–H and O–H groups in total. The highest BCUT2D eigenvalue weighted by Crippen LogP contribution is 2.36. The molecule has 9 nitrogen and oxygen atoms in total. The summed E-state index contributed by atoms with van der Waals surface area (Å²) in [4.78, 5) is 9.94. The first kappa shape index (κ1) is 21.4. The van der Waals surface area contributed by atoms with E-state index in [1.807, 2.05) is 4.90 Å². The van der Waals surface area contributed by atoms with Crippen molar-refractivity contribution in [3.05, 3.63) is 36.3 Å². The Labute approximate surface area is 217 Å². The third-order valence-corrected chi connectivity index (χ3v) is 6.98. The van der Waals surface area contributed by atoms with Crippen molar-refractivity contribution in [2.24, 2.45) is 0 Å². The van der Waals surface area contributed by atoms with Crippen molar-refractivity contribution in [2.75, 3.05) is 38.7 Å². The summed E-state index contributed by atoms with van der Waals surface area (Å²) in [6.45, 7) is 1.07. The van der Waals surface area contributed by atoms with Gasteiger partial charge in [-0.1, -0.05) is 0 Å². The maximum atomic E-state index is 15.4. The van der Waals surface area contributed by atoms with Gasteiger partial charge in [-0.3, -0.25) is 4.90 Å². The number of imidazole rings is 1. The number of rotatable bonds is 7.